The largest absolute Gasteiger partial charge is 0.298 e. The number of hydrogen-bond donors (Lipinski definition) is 0. The Balaban J connectivity index is 0.000000810. The van der Waals surface area contributed by atoms with Crippen molar-refractivity contribution in [2.24, 2.45) is 0 Å². The van der Waals surface area contributed by atoms with E-state index in [9.17, 15) is 0 Å². The maximum Gasteiger partial charge on any atom is 0.0125 e. The zero-order chi connectivity index (χ0) is 6.91. The Labute approximate surface area is 65.4 Å². The Hall–Kier alpha value is -0.0400. The van der Waals surface area contributed by atoms with Gasteiger partial charge in [-0.15, -0.1) is 0 Å². The van der Waals surface area contributed by atoms with E-state index in [0.29, 0.717) is 5.54 Å². The van der Waals surface area contributed by atoms with Crippen LogP contribution in [0, 0.1) is 0 Å². The molecule has 0 unspecified atom stereocenters. The van der Waals surface area contributed by atoms with E-state index in [2.05, 4.69) is 25.7 Å². The first-order chi connectivity index (χ1) is 4.11. The van der Waals surface area contributed by atoms with Crippen molar-refractivity contribution in [1.82, 2.24) is 4.90 Å². The summed E-state index contributed by atoms with van der Waals surface area (Å²) in [6.07, 6.45) is 2.80. The third kappa shape index (κ3) is 2.30. The highest BCUT2D eigenvalue weighted by atomic mass is 15.2. The Morgan fingerprint density at radius 2 is 1.40 bits per heavy atom. The van der Waals surface area contributed by atoms with Gasteiger partial charge in [-0.05, 0) is 46.7 Å². The molecule has 1 nitrogen and oxygen atoms in total. The van der Waals surface area contributed by atoms with Gasteiger partial charge in [0.2, 0.25) is 0 Å². The zero-order valence-corrected chi connectivity index (χ0v) is 6.78. The summed E-state index contributed by atoms with van der Waals surface area (Å²) in [5.41, 5.74) is 0.413. The van der Waals surface area contributed by atoms with E-state index in [1.807, 2.05) is 0 Å². The van der Waals surface area contributed by atoms with E-state index < -0.39 is 0 Å². The minimum atomic E-state index is 0. The Bertz CT molecular complexity index is 85.4. The lowest BCUT2D eigenvalue weighted by atomic mass is 10.1. The van der Waals surface area contributed by atoms with Gasteiger partial charge in [0.05, 0.1) is 0 Å². The van der Waals surface area contributed by atoms with Crippen molar-refractivity contribution < 1.29 is 0 Å². The average Bonchev–Trinajstić information content (AvgIpc) is 2.08. The first kappa shape index (κ1) is 9.96. The molecule has 0 aromatic rings. The van der Waals surface area contributed by atoms with Gasteiger partial charge in [-0.3, -0.25) is 4.90 Å². The number of nitrogens with zero attached hydrogens (tertiary/aromatic N) is 1. The molecule has 10 heavy (non-hydrogen) atoms. The molecule has 0 N–H and O–H groups in total. The van der Waals surface area contributed by atoms with Crippen molar-refractivity contribution in [2.45, 2.75) is 46.6 Å². The van der Waals surface area contributed by atoms with Crippen molar-refractivity contribution in [3.05, 3.63) is 0 Å². The van der Waals surface area contributed by atoms with Gasteiger partial charge >= 0.3 is 0 Å². The fourth-order valence-corrected chi connectivity index (χ4v) is 1.39. The standard InChI is InChI=1S/C8H17N.CH4/c1-8(2,3)9-6-4-5-7-9;/h4-7H2,1-3H3;1H4. The van der Waals surface area contributed by atoms with Crippen molar-refractivity contribution >= 4 is 0 Å². The molecular weight excluding hydrogens is 122 g/mol. The molecule has 0 bridgehead atoms. The highest BCUT2D eigenvalue weighted by Crippen LogP contribution is 2.19. The third-order valence-corrected chi connectivity index (χ3v) is 2.05. The van der Waals surface area contributed by atoms with E-state index in [1.165, 1.54) is 25.9 Å². The molecule has 0 aliphatic carbocycles. The number of rotatable bonds is 0. The molecule has 0 aromatic carbocycles. The van der Waals surface area contributed by atoms with Crippen LogP contribution in [0.3, 0.4) is 0 Å². The molecule has 1 saturated heterocycles. The summed E-state index contributed by atoms with van der Waals surface area (Å²) in [5, 5.41) is 0. The van der Waals surface area contributed by atoms with Crippen LogP contribution in [0.2, 0.25) is 0 Å². The molecule has 1 heteroatoms. The molecule has 0 radical (unpaired) electrons. The lowest BCUT2D eigenvalue weighted by Gasteiger charge is -2.31. The fourth-order valence-electron chi connectivity index (χ4n) is 1.39. The van der Waals surface area contributed by atoms with Crippen molar-refractivity contribution in [3.8, 4) is 0 Å². The van der Waals surface area contributed by atoms with Crippen LogP contribution >= 0.6 is 0 Å². The molecule has 0 aromatic heterocycles. The predicted octanol–water partition coefficient (Wildman–Crippen LogP) is 2.52. The number of likely N-dealkylation sites (tertiary alicyclic amines) is 1. The normalized spacial score (nSPS) is 20.7. The van der Waals surface area contributed by atoms with Crippen molar-refractivity contribution in [1.29, 1.82) is 0 Å². The molecule has 1 rings (SSSR count). The van der Waals surface area contributed by atoms with Crippen LogP contribution < -0.4 is 0 Å². The van der Waals surface area contributed by atoms with E-state index in [-0.39, 0.29) is 7.43 Å². The van der Waals surface area contributed by atoms with Gasteiger partial charge in [-0.25, -0.2) is 0 Å². The first-order valence-electron chi connectivity index (χ1n) is 3.86. The van der Waals surface area contributed by atoms with Crippen molar-refractivity contribution in [2.75, 3.05) is 13.1 Å². The Morgan fingerprint density at radius 1 is 1.00 bits per heavy atom. The molecular formula is C9H21N. The highest BCUT2D eigenvalue weighted by Gasteiger charge is 2.23. The van der Waals surface area contributed by atoms with Gasteiger partial charge in [-0.1, -0.05) is 7.43 Å². The van der Waals surface area contributed by atoms with Crippen LogP contribution in [0.1, 0.15) is 41.0 Å². The minimum absolute atomic E-state index is 0. The SMILES string of the molecule is C.CC(C)(C)N1CCCC1. The molecule has 1 fully saturated rings. The summed E-state index contributed by atoms with van der Waals surface area (Å²) < 4.78 is 0. The molecule has 1 aliphatic rings. The van der Waals surface area contributed by atoms with Gasteiger partial charge in [0.15, 0.2) is 0 Å². The summed E-state index contributed by atoms with van der Waals surface area (Å²) in [6.45, 7) is 9.49. The first-order valence-corrected chi connectivity index (χ1v) is 3.86. The Morgan fingerprint density at radius 3 is 1.60 bits per heavy atom. The van der Waals surface area contributed by atoms with Crippen LogP contribution in [0.25, 0.3) is 0 Å². The average molecular weight is 143 g/mol. The molecule has 0 saturated carbocycles. The second-order valence-electron chi connectivity index (χ2n) is 3.86. The van der Waals surface area contributed by atoms with Gasteiger partial charge in [0.25, 0.3) is 0 Å². The second kappa shape index (κ2) is 3.38. The van der Waals surface area contributed by atoms with Crippen LogP contribution in [-0.2, 0) is 0 Å². The van der Waals surface area contributed by atoms with Gasteiger partial charge in [0.1, 0.15) is 0 Å². The van der Waals surface area contributed by atoms with E-state index in [0.717, 1.165) is 0 Å². The zero-order valence-electron chi connectivity index (χ0n) is 6.78. The van der Waals surface area contributed by atoms with Gasteiger partial charge in [-0.2, -0.15) is 0 Å². The van der Waals surface area contributed by atoms with E-state index >= 15 is 0 Å². The summed E-state index contributed by atoms with van der Waals surface area (Å²) in [7, 11) is 0. The van der Waals surface area contributed by atoms with Crippen LogP contribution in [-0.4, -0.2) is 23.5 Å². The monoisotopic (exact) mass is 143 g/mol. The smallest absolute Gasteiger partial charge is 0.0125 e. The van der Waals surface area contributed by atoms with Crippen LogP contribution in [0.5, 0.6) is 0 Å². The topological polar surface area (TPSA) is 3.24 Å². The fraction of sp³-hybridized carbons (Fsp3) is 1.00. The lowest BCUT2D eigenvalue weighted by Crippen LogP contribution is -2.38. The summed E-state index contributed by atoms with van der Waals surface area (Å²) in [4.78, 5) is 2.55. The quantitative estimate of drug-likeness (QED) is 0.503. The van der Waals surface area contributed by atoms with E-state index in [4.69, 9.17) is 0 Å². The Kier molecular flexibility index (Phi) is 3.37. The molecule has 0 atom stereocenters. The molecule has 1 heterocycles. The highest BCUT2D eigenvalue weighted by molar-refractivity contribution is 4.79. The lowest BCUT2D eigenvalue weighted by molar-refractivity contribution is 0.175. The van der Waals surface area contributed by atoms with Crippen LogP contribution in [0.15, 0.2) is 0 Å². The van der Waals surface area contributed by atoms with Crippen LogP contribution in [0.4, 0.5) is 0 Å². The molecule has 0 amide bonds. The number of hydrogen-bond acceptors (Lipinski definition) is 1. The molecule has 0 spiro atoms. The minimum Gasteiger partial charge on any atom is -0.298 e. The summed E-state index contributed by atoms with van der Waals surface area (Å²) >= 11 is 0. The second-order valence-corrected chi connectivity index (χ2v) is 3.86. The summed E-state index contributed by atoms with van der Waals surface area (Å²) in [6, 6.07) is 0. The van der Waals surface area contributed by atoms with Crippen molar-refractivity contribution in [3.63, 3.8) is 0 Å². The van der Waals surface area contributed by atoms with Gasteiger partial charge < -0.3 is 0 Å². The van der Waals surface area contributed by atoms with Gasteiger partial charge in [0, 0.05) is 5.54 Å². The molecule has 1 aliphatic heterocycles. The predicted molar refractivity (Wildman–Crippen MR) is 47.3 cm³/mol. The maximum absolute atomic E-state index is 2.55. The summed E-state index contributed by atoms with van der Waals surface area (Å²) in [5.74, 6) is 0. The molecule has 62 valence electrons. The maximum atomic E-state index is 2.55. The van der Waals surface area contributed by atoms with E-state index in [1.54, 1.807) is 0 Å². The third-order valence-electron chi connectivity index (χ3n) is 2.05.